The third-order valence-corrected chi connectivity index (χ3v) is 5.10. The number of hydrogen-bond donors (Lipinski definition) is 0. The lowest BCUT2D eigenvalue weighted by molar-refractivity contribution is -0.138. The number of likely N-dealkylation sites (N-methyl/N-ethyl adjacent to an activating group) is 1. The lowest BCUT2D eigenvalue weighted by Crippen LogP contribution is -2.46. The second-order valence-corrected chi connectivity index (χ2v) is 7.24. The first-order valence-electron chi connectivity index (χ1n) is 8.62. The van der Waals surface area contributed by atoms with Gasteiger partial charge in [0.05, 0.1) is 13.2 Å². The zero-order valence-electron chi connectivity index (χ0n) is 14.7. The number of morpholine rings is 1. The third kappa shape index (κ3) is 4.57. The Labute approximate surface area is 164 Å². The number of halogens is 2. The number of nitrogens with zero attached hydrogens (tertiary/aromatic N) is 2. The summed E-state index contributed by atoms with van der Waals surface area (Å²) in [5.41, 5.74) is 1.87. The summed E-state index contributed by atoms with van der Waals surface area (Å²) < 4.78 is 5.45. The van der Waals surface area contributed by atoms with Crippen LogP contribution in [0.3, 0.4) is 0 Å². The van der Waals surface area contributed by atoms with Crippen LogP contribution in [0.4, 0.5) is 0 Å². The van der Waals surface area contributed by atoms with Crippen LogP contribution in [0.15, 0.2) is 48.5 Å². The van der Waals surface area contributed by atoms with Gasteiger partial charge in [0.1, 0.15) is 6.04 Å². The number of ether oxygens (including phenoxy) is 1. The summed E-state index contributed by atoms with van der Waals surface area (Å²) in [6, 6.07) is 14.8. The van der Waals surface area contributed by atoms with Crippen molar-refractivity contribution in [2.24, 2.45) is 0 Å². The fourth-order valence-corrected chi connectivity index (χ4v) is 3.70. The van der Waals surface area contributed by atoms with Gasteiger partial charge in [-0.25, -0.2) is 0 Å². The molecule has 1 fully saturated rings. The first-order chi connectivity index (χ1) is 12.6. The van der Waals surface area contributed by atoms with Gasteiger partial charge in [-0.05, 0) is 23.3 Å². The molecule has 0 radical (unpaired) electrons. The van der Waals surface area contributed by atoms with E-state index in [9.17, 15) is 4.79 Å². The molecule has 6 heteroatoms. The summed E-state index contributed by atoms with van der Waals surface area (Å²) in [6.07, 6.45) is 0. The van der Waals surface area contributed by atoms with Crippen molar-refractivity contribution >= 4 is 29.1 Å². The van der Waals surface area contributed by atoms with Crippen LogP contribution in [-0.4, -0.2) is 49.1 Å². The van der Waals surface area contributed by atoms with E-state index in [4.69, 9.17) is 27.9 Å². The van der Waals surface area contributed by atoms with Crippen molar-refractivity contribution in [2.75, 3.05) is 33.4 Å². The van der Waals surface area contributed by atoms with E-state index < -0.39 is 6.04 Å². The fraction of sp³-hybridized carbons (Fsp3) is 0.350. The molecule has 0 bridgehead atoms. The van der Waals surface area contributed by atoms with Gasteiger partial charge < -0.3 is 9.64 Å². The van der Waals surface area contributed by atoms with Gasteiger partial charge in [-0.3, -0.25) is 9.69 Å². The Morgan fingerprint density at radius 1 is 1.15 bits per heavy atom. The van der Waals surface area contributed by atoms with E-state index in [2.05, 4.69) is 4.90 Å². The molecule has 2 aromatic carbocycles. The molecule has 0 unspecified atom stereocenters. The molecule has 2 aromatic rings. The quantitative estimate of drug-likeness (QED) is 0.769. The molecule has 0 N–H and O–H groups in total. The van der Waals surface area contributed by atoms with Crippen LogP contribution < -0.4 is 0 Å². The third-order valence-electron chi connectivity index (χ3n) is 4.54. The number of carbonyl (C=O) groups excluding carboxylic acids is 1. The number of hydrogen-bond acceptors (Lipinski definition) is 3. The molecule has 1 amide bonds. The van der Waals surface area contributed by atoms with Gasteiger partial charge in [0.15, 0.2) is 0 Å². The normalized spacial score (nSPS) is 16.3. The first-order valence-corrected chi connectivity index (χ1v) is 9.37. The zero-order chi connectivity index (χ0) is 18.5. The molecular weight excluding hydrogens is 371 g/mol. The average molecular weight is 393 g/mol. The van der Waals surface area contributed by atoms with Crippen LogP contribution in [0.25, 0.3) is 0 Å². The van der Waals surface area contributed by atoms with Crippen molar-refractivity contribution in [1.82, 2.24) is 9.80 Å². The zero-order valence-corrected chi connectivity index (χ0v) is 16.2. The Bertz CT molecular complexity index is 749. The summed E-state index contributed by atoms with van der Waals surface area (Å²) in [4.78, 5) is 17.2. The SMILES string of the molecule is CN(Cc1ccccc1)C(=O)[C@H](c1ccc(Cl)cc1Cl)N1CCOCC1. The summed E-state index contributed by atoms with van der Waals surface area (Å²) in [5, 5.41) is 1.07. The molecule has 0 aliphatic carbocycles. The molecule has 1 heterocycles. The highest BCUT2D eigenvalue weighted by molar-refractivity contribution is 6.35. The molecule has 4 nitrogen and oxygen atoms in total. The lowest BCUT2D eigenvalue weighted by atomic mass is 10.0. The monoisotopic (exact) mass is 392 g/mol. The average Bonchev–Trinajstić information content (AvgIpc) is 2.65. The Kier molecular flexibility index (Phi) is 6.54. The van der Waals surface area contributed by atoms with Gasteiger partial charge in [0, 0.05) is 36.7 Å². The predicted molar refractivity (Wildman–Crippen MR) is 105 cm³/mol. The summed E-state index contributed by atoms with van der Waals surface area (Å²) in [7, 11) is 1.83. The minimum atomic E-state index is -0.447. The van der Waals surface area contributed by atoms with Gasteiger partial charge in [0.2, 0.25) is 5.91 Å². The van der Waals surface area contributed by atoms with E-state index in [1.165, 1.54) is 0 Å². The molecular formula is C20H22Cl2N2O2. The Hall–Kier alpha value is -1.59. The molecule has 1 aliphatic rings. The Balaban J connectivity index is 1.87. The highest BCUT2D eigenvalue weighted by Crippen LogP contribution is 2.32. The van der Waals surface area contributed by atoms with Gasteiger partial charge in [-0.1, -0.05) is 59.6 Å². The van der Waals surface area contributed by atoms with E-state index in [1.807, 2.05) is 43.4 Å². The smallest absolute Gasteiger partial charge is 0.244 e. The van der Waals surface area contributed by atoms with Crippen LogP contribution in [0.5, 0.6) is 0 Å². The molecule has 3 rings (SSSR count). The molecule has 1 saturated heterocycles. The summed E-state index contributed by atoms with van der Waals surface area (Å²) in [5.74, 6) is 0.0139. The molecule has 0 saturated carbocycles. The lowest BCUT2D eigenvalue weighted by Gasteiger charge is -2.36. The van der Waals surface area contributed by atoms with E-state index in [-0.39, 0.29) is 5.91 Å². The fourth-order valence-electron chi connectivity index (χ4n) is 3.19. The molecule has 26 heavy (non-hydrogen) atoms. The Morgan fingerprint density at radius 2 is 1.85 bits per heavy atom. The highest BCUT2D eigenvalue weighted by Gasteiger charge is 2.32. The van der Waals surface area contributed by atoms with Gasteiger partial charge in [-0.15, -0.1) is 0 Å². The molecule has 1 atom stereocenters. The minimum absolute atomic E-state index is 0.0139. The highest BCUT2D eigenvalue weighted by atomic mass is 35.5. The summed E-state index contributed by atoms with van der Waals surface area (Å²) in [6.45, 7) is 3.14. The molecule has 0 spiro atoms. The largest absolute Gasteiger partial charge is 0.379 e. The van der Waals surface area contributed by atoms with Crippen LogP contribution >= 0.6 is 23.2 Å². The standard InChI is InChI=1S/C20H22Cl2N2O2/c1-23(14-15-5-3-2-4-6-15)20(25)19(24-9-11-26-12-10-24)17-8-7-16(21)13-18(17)22/h2-8,13,19H,9-12,14H2,1H3/t19-/m0/s1. The maximum Gasteiger partial charge on any atom is 0.244 e. The second kappa shape index (κ2) is 8.87. The minimum Gasteiger partial charge on any atom is -0.379 e. The summed E-state index contributed by atoms with van der Waals surface area (Å²) >= 11 is 12.5. The van der Waals surface area contributed by atoms with Crippen LogP contribution in [0.1, 0.15) is 17.2 Å². The number of carbonyl (C=O) groups is 1. The van der Waals surface area contributed by atoms with Crippen molar-refractivity contribution in [3.05, 3.63) is 69.7 Å². The number of rotatable bonds is 5. The maximum atomic E-state index is 13.3. The second-order valence-electron chi connectivity index (χ2n) is 6.40. The van der Waals surface area contributed by atoms with Crippen molar-refractivity contribution in [3.63, 3.8) is 0 Å². The number of benzene rings is 2. The van der Waals surface area contributed by atoms with Crippen molar-refractivity contribution in [1.29, 1.82) is 0 Å². The molecule has 0 aromatic heterocycles. The van der Waals surface area contributed by atoms with Crippen molar-refractivity contribution < 1.29 is 9.53 Å². The van der Waals surface area contributed by atoms with E-state index in [0.29, 0.717) is 42.9 Å². The Morgan fingerprint density at radius 3 is 2.50 bits per heavy atom. The number of amides is 1. The van der Waals surface area contributed by atoms with Crippen molar-refractivity contribution in [3.8, 4) is 0 Å². The predicted octanol–water partition coefficient (Wildman–Crippen LogP) is 4.03. The van der Waals surface area contributed by atoms with Gasteiger partial charge >= 0.3 is 0 Å². The van der Waals surface area contributed by atoms with E-state index in [1.54, 1.807) is 17.0 Å². The van der Waals surface area contributed by atoms with Crippen LogP contribution in [0.2, 0.25) is 10.0 Å². The maximum absolute atomic E-state index is 13.3. The van der Waals surface area contributed by atoms with Gasteiger partial charge in [-0.2, -0.15) is 0 Å². The molecule has 138 valence electrons. The van der Waals surface area contributed by atoms with E-state index in [0.717, 1.165) is 11.1 Å². The topological polar surface area (TPSA) is 32.8 Å². The van der Waals surface area contributed by atoms with Crippen LogP contribution in [-0.2, 0) is 16.1 Å². The van der Waals surface area contributed by atoms with E-state index >= 15 is 0 Å². The molecule has 1 aliphatic heterocycles. The first kappa shape index (κ1) is 19.2. The van der Waals surface area contributed by atoms with Crippen LogP contribution in [0, 0.1) is 0 Å². The van der Waals surface area contributed by atoms with Crippen molar-refractivity contribution in [2.45, 2.75) is 12.6 Å². The van der Waals surface area contributed by atoms with Gasteiger partial charge in [0.25, 0.3) is 0 Å².